The van der Waals surface area contributed by atoms with Gasteiger partial charge in [-0.15, -0.1) is 0 Å². The number of rotatable bonds is 1. The van der Waals surface area contributed by atoms with Crippen LogP contribution in [0.1, 0.15) is 10.4 Å². The molecule has 0 aromatic heterocycles. The van der Waals surface area contributed by atoms with Gasteiger partial charge in [-0.3, -0.25) is 0 Å². The molecule has 2 N–H and O–H groups in total. The summed E-state index contributed by atoms with van der Waals surface area (Å²) in [5.74, 6) is -1.31. The number of hydrogen-bond acceptors (Lipinski definition) is 2. The molecule has 0 radical (unpaired) electrons. The van der Waals surface area contributed by atoms with E-state index in [-0.39, 0.29) is 11.3 Å². The van der Waals surface area contributed by atoms with Crippen LogP contribution in [0.2, 0.25) is 0 Å². The van der Waals surface area contributed by atoms with Gasteiger partial charge in [0.1, 0.15) is 11.3 Å². The van der Waals surface area contributed by atoms with Crippen LogP contribution in [0.25, 0.3) is 0 Å². The van der Waals surface area contributed by atoms with E-state index in [1.165, 1.54) is 15.2 Å². The molecule has 0 unspecified atom stereocenters. The fourth-order valence-electron chi connectivity index (χ4n) is 1.13. The third-order valence-electron chi connectivity index (χ3n) is 1.98. The number of carboxylic acid groups (broad SMARTS) is 1. The topological polar surface area (TPSA) is 57.5 Å². The zero-order chi connectivity index (χ0) is 12.7. The maximum atomic E-state index is 10.3. The Balaban J connectivity index is 0.000000181. The molecule has 2 aromatic rings. The van der Waals surface area contributed by atoms with Gasteiger partial charge in [0.25, 0.3) is 0 Å². The summed E-state index contributed by atoms with van der Waals surface area (Å²) < 4.78 is 1.52. The van der Waals surface area contributed by atoms with Gasteiger partial charge in [-0.05, 0) is 12.1 Å². The van der Waals surface area contributed by atoms with Gasteiger partial charge < -0.3 is 10.2 Å². The average Bonchev–Trinajstić information content (AvgIpc) is 2.31. The molecule has 0 atom stereocenters. The molecule has 2 rings (SSSR count). The van der Waals surface area contributed by atoms with Crippen LogP contribution in [0.4, 0.5) is 0 Å². The van der Waals surface area contributed by atoms with Crippen molar-refractivity contribution in [3.05, 3.63) is 60.2 Å². The van der Waals surface area contributed by atoms with Crippen LogP contribution in [0.15, 0.2) is 54.6 Å². The average molecular weight is 416 g/mol. The van der Waals surface area contributed by atoms with Crippen molar-refractivity contribution in [1.82, 2.24) is 0 Å². The second-order valence-electron chi connectivity index (χ2n) is 3.31. The molecule has 0 heterocycles. The number of aromatic hydroxyl groups is 1. The summed E-state index contributed by atoms with van der Waals surface area (Å²) in [5, 5.41) is 17.3. The van der Waals surface area contributed by atoms with Gasteiger partial charge in [-0.2, -0.15) is 0 Å². The Kier molecular flexibility index (Phi) is 5.70. The fraction of sp³-hybridized carbons (Fsp3) is 0. The van der Waals surface area contributed by atoms with Crippen LogP contribution in [0.3, 0.4) is 0 Å². The molecule has 0 aliphatic carbocycles. The minimum absolute atomic E-state index is 0.0671. The number of benzene rings is 2. The molecule has 0 spiro atoms. The molecule has 0 saturated heterocycles. The second-order valence-corrected chi connectivity index (χ2v) is 6.48. The number of phenols is 1. The van der Waals surface area contributed by atoms with Crippen molar-refractivity contribution in [3.63, 3.8) is 0 Å². The van der Waals surface area contributed by atoms with E-state index in [2.05, 4.69) is 30.3 Å². The number of hydrogen-bond donors (Lipinski definition) is 2. The summed E-state index contributed by atoms with van der Waals surface area (Å²) in [6, 6.07) is 16.4. The normalized spacial score (nSPS) is 9.06. The van der Waals surface area contributed by atoms with Gasteiger partial charge in [-0.25, -0.2) is 4.79 Å². The van der Waals surface area contributed by atoms with Gasteiger partial charge in [0.05, 0.1) is 0 Å². The van der Waals surface area contributed by atoms with E-state index in [1.54, 1.807) is 12.1 Å². The van der Waals surface area contributed by atoms with Crippen LogP contribution in [-0.4, -0.2) is 16.2 Å². The third kappa shape index (κ3) is 5.00. The molecule has 0 amide bonds. The van der Waals surface area contributed by atoms with Crippen LogP contribution in [-0.2, 0) is 26.1 Å². The Bertz CT molecular complexity index is 483. The van der Waals surface area contributed by atoms with Crippen LogP contribution < -0.4 is 3.07 Å². The molecule has 83 valence electrons. The molecule has 2 aromatic carbocycles. The summed E-state index contributed by atoms with van der Waals surface area (Å²) in [5.41, 5.74) is -0.0671. The first-order chi connectivity index (χ1) is 8.11. The van der Waals surface area contributed by atoms with Crippen molar-refractivity contribution >= 4 is 9.04 Å². The van der Waals surface area contributed by atoms with Crippen LogP contribution >= 0.6 is 0 Å². The van der Waals surface area contributed by atoms with E-state index in [1.807, 2.05) is 0 Å². The van der Waals surface area contributed by atoms with E-state index >= 15 is 0 Å². The minimum atomic E-state index is -1.11. The Morgan fingerprint density at radius 2 is 1.47 bits per heavy atom. The summed E-state index contributed by atoms with van der Waals surface area (Å²) in [4.78, 5) is 10.3. The molecule has 0 aliphatic rings. The van der Waals surface area contributed by atoms with Gasteiger partial charge in [0, 0.05) is 0 Å². The summed E-state index contributed by atoms with van der Waals surface area (Å²) in [7, 11) is 0. The molecule has 4 heteroatoms. The quantitative estimate of drug-likeness (QED) is 0.700. The first kappa shape index (κ1) is 13.7. The zero-order valence-corrected chi connectivity index (χ0v) is 14.7. The summed E-state index contributed by atoms with van der Waals surface area (Å²) >= 11 is 0.810. The van der Waals surface area contributed by atoms with Crippen LogP contribution in [0.5, 0.6) is 5.75 Å². The predicted octanol–water partition coefficient (Wildman–Crippen LogP) is 1.95. The molecule has 3 nitrogen and oxygen atoms in total. The first-order valence-corrected chi connectivity index (χ1v) is 7.74. The monoisotopic (exact) mass is 417 g/mol. The van der Waals surface area contributed by atoms with Crippen molar-refractivity contribution in [3.8, 4) is 5.75 Å². The van der Waals surface area contributed by atoms with Crippen molar-refractivity contribution in [2.24, 2.45) is 0 Å². The van der Waals surface area contributed by atoms with Gasteiger partial charge in [0.2, 0.25) is 0 Å². The van der Waals surface area contributed by atoms with E-state index in [0.29, 0.717) is 0 Å². The second kappa shape index (κ2) is 7.07. The van der Waals surface area contributed by atoms with E-state index in [9.17, 15) is 4.79 Å². The summed E-state index contributed by atoms with van der Waals surface area (Å²) in [6.07, 6.45) is 0. The van der Waals surface area contributed by atoms with E-state index in [4.69, 9.17) is 10.2 Å². The number of carboxylic acids is 1. The van der Waals surface area contributed by atoms with Crippen molar-refractivity contribution in [1.29, 1.82) is 0 Å². The molecular formula is C13H11HgO3. The number of para-hydroxylation sites is 1. The van der Waals surface area contributed by atoms with Gasteiger partial charge in [0.15, 0.2) is 0 Å². The van der Waals surface area contributed by atoms with E-state index < -0.39 is 5.97 Å². The molecule has 0 aliphatic heterocycles. The zero-order valence-electron chi connectivity index (χ0n) is 9.21. The van der Waals surface area contributed by atoms with Crippen molar-refractivity contribution < 1.29 is 41.1 Å². The molecule has 17 heavy (non-hydrogen) atoms. The SMILES string of the molecule is O=C(O)c1ccccc1O.[Hg][c]1ccccc1. The molecule has 0 fully saturated rings. The van der Waals surface area contributed by atoms with Gasteiger partial charge >= 0.3 is 65.5 Å². The van der Waals surface area contributed by atoms with Crippen LogP contribution in [0, 0.1) is 0 Å². The Hall–Kier alpha value is -1.35. The Morgan fingerprint density at radius 1 is 0.941 bits per heavy atom. The Labute approximate surface area is 116 Å². The Morgan fingerprint density at radius 3 is 1.82 bits per heavy atom. The molecular weight excluding hydrogens is 405 g/mol. The standard InChI is InChI=1S/C7H6O3.C6H5.Hg/c8-6-4-2-1-3-5(6)7(9)10;1-2-4-6-5-3-1;/h1-4,8H,(H,9,10);1-5H;. The van der Waals surface area contributed by atoms with Crippen molar-refractivity contribution in [2.45, 2.75) is 0 Å². The summed E-state index contributed by atoms with van der Waals surface area (Å²) in [6.45, 7) is 0. The van der Waals surface area contributed by atoms with Crippen molar-refractivity contribution in [2.75, 3.05) is 0 Å². The number of carbonyl (C=O) groups is 1. The maximum absolute atomic E-state index is 10.3. The number of aromatic carboxylic acids is 1. The van der Waals surface area contributed by atoms with E-state index in [0.717, 1.165) is 26.1 Å². The molecule has 0 bridgehead atoms. The predicted molar refractivity (Wildman–Crippen MR) is 61.1 cm³/mol. The molecule has 0 saturated carbocycles. The fourth-order valence-corrected chi connectivity index (χ4v) is 2.19. The third-order valence-corrected chi connectivity index (χ3v) is 3.81. The van der Waals surface area contributed by atoms with Gasteiger partial charge in [-0.1, -0.05) is 12.1 Å². The first-order valence-electron chi connectivity index (χ1n) is 4.99.